The van der Waals surface area contributed by atoms with Gasteiger partial charge in [0.1, 0.15) is 5.75 Å². The van der Waals surface area contributed by atoms with Crippen molar-refractivity contribution in [3.05, 3.63) is 35.4 Å². The van der Waals surface area contributed by atoms with Crippen LogP contribution in [0.4, 0.5) is 0 Å². The van der Waals surface area contributed by atoms with Gasteiger partial charge in [0.05, 0.1) is 13.0 Å². The first-order valence-electron chi connectivity index (χ1n) is 6.64. The second kappa shape index (κ2) is 6.34. The third kappa shape index (κ3) is 3.05. The SMILES string of the molecule is CCOc1ccc(C=C2CC(=O)N(CCN)C2=O)cc1. The molecule has 2 amide bonds. The van der Waals surface area contributed by atoms with E-state index in [1.807, 2.05) is 31.2 Å². The molecule has 0 saturated carbocycles. The molecule has 0 unspecified atom stereocenters. The largest absolute Gasteiger partial charge is 0.494 e. The van der Waals surface area contributed by atoms with Crippen LogP contribution in [0.15, 0.2) is 29.8 Å². The molecule has 0 bridgehead atoms. The minimum absolute atomic E-state index is 0.145. The molecule has 2 N–H and O–H groups in total. The third-order valence-corrected chi connectivity index (χ3v) is 3.05. The summed E-state index contributed by atoms with van der Waals surface area (Å²) in [5.41, 5.74) is 6.78. The summed E-state index contributed by atoms with van der Waals surface area (Å²) in [6.07, 6.45) is 1.89. The van der Waals surface area contributed by atoms with Crippen LogP contribution in [0.25, 0.3) is 6.08 Å². The van der Waals surface area contributed by atoms with Gasteiger partial charge >= 0.3 is 0 Å². The van der Waals surface area contributed by atoms with Crippen molar-refractivity contribution in [2.45, 2.75) is 13.3 Å². The standard InChI is InChI=1S/C15H18N2O3/c1-2-20-13-5-3-11(4-6-13)9-12-10-14(18)17(8-7-16)15(12)19/h3-6,9H,2,7-8,10,16H2,1H3. The summed E-state index contributed by atoms with van der Waals surface area (Å²) in [6.45, 7) is 3.10. The van der Waals surface area contributed by atoms with Crippen LogP contribution in [-0.4, -0.2) is 36.4 Å². The predicted molar refractivity (Wildman–Crippen MR) is 76.0 cm³/mol. The summed E-state index contributed by atoms with van der Waals surface area (Å²) >= 11 is 0. The maximum absolute atomic E-state index is 12.0. The molecule has 1 aromatic carbocycles. The van der Waals surface area contributed by atoms with E-state index in [4.69, 9.17) is 10.5 Å². The zero-order valence-corrected chi connectivity index (χ0v) is 11.5. The Morgan fingerprint density at radius 2 is 2.00 bits per heavy atom. The molecular weight excluding hydrogens is 256 g/mol. The second-order valence-electron chi connectivity index (χ2n) is 4.49. The fourth-order valence-corrected chi connectivity index (χ4v) is 2.12. The van der Waals surface area contributed by atoms with Crippen molar-refractivity contribution in [3.63, 3.8) is 0 Å². The summed E-state index contributed by atoms with van der Waals surface area (Å²) in [4.78, 5) is 24.9. The predicted octanol–water partition coefficient (Wildman–Crippen LogP) is 1.19. The van der Waals surface area contributed by atoms with Crippen LogP contribution in [-0.2, 0) is 9.59 Å². The summed E-state index contributed by atoms with van der Waals surface area (Å²) in [7, 11) is 0. The first kappa shape index (κ1) is 14.3. The Bertz CT molecular complexity index is 535. The first-order chi connectivity index (χ1) is 9.65. The molecule has 1 aromatic rings. The minimum atomic E-state index is -0.241. The Hall–Kier alpha value is -2.14. The Labute approximate surface area is 118 Å². The molecule has 20 heavy (non-hydrogen) atoms. The summed E-state index contributed by atoms with van der Waals surface area (Å²) in [6, 6.07) is 7.41. The lowest BCUT2D eigenvalue weighted by Crippen LogP contribution is -2.34. The van der Waals surface area contributed by atoms with Gasteiger partial charge in [-0.15, -0.1) is 0 Å². The van der Waals surface area contributed by atoms with Gasteiger partial charge in [0, 0.05) is 18.7 Å². The number of nitrogens with zero attached hydrogens (tertiary/aromatic N) is 1. The van der Waals surface area contributed by atoms with Gasteiger partial charge in [-0.05, 0) is 30.7 Å². The molecule has 0 atom stereocenters. The van der Waals surface area contributed by atoms with Gasteiger partial charge in [0.2, 0.25) is 5.91 Å². The summed E-state index contributed by atoms with van der Waals surface area (Å²) in [5, 5.41) is 0. The Morgan fingerprint density at radius 3 is 2.60 bits per heavy atom. The topological polar surface area (TPSA) is 72.6 Å². The van der Waals surface area contributed by atoms with E-state index in [-0.39, 0.29) is 31.3 Å². The molecule has 1 heterocycles. The number of amides is 2. The lowest BCUT2D eigenvalue weighted by Gasteiger charge is -2.10. The number of benzene rings is 1. The molecule has 1 fully saturated rings. The lowest BCUT2D eigenvalue weighted by molar-refractivity contribution is -0.137. The molecular formula is C15H18N2O3. The van der Waals surface area contributed by atoms with Crippen LogP contribution >= 0.6 is 0 Å². The highest BCUT2D eigenvalue weighted by Crippen LogP contribution is 2.22. The lowest BCUT2D eigenvalue weighted by atomic mass is 10.1. The average Bonchev–Trinajstić information content (AvgIpc) is 2.69. The van der Waals surface area contributed by atoms with Crippen LogP contribution in [0.2, 0.25) is 0 Å². The highest BCUT2D eigenvalue weighted by molar-refractivity contribution is 6.15. The molecule has 0 aliphatic carbocycles. The molecule has 0 spiro atoms. The van der Waals surface area contributed by atoms with Crippen molar-refractivity contribution >= 4 is 17.9 Å². The monoisotopic (exact) mass is 274 g/mol. The molecule has 5 heteroatoms. The summed E-state index contributed by atoms with van der Waals surface area (Å²) < 4.78 is 5.35. The van der Waals surface area contributed by atoms with Gasteiger partial charge in [-0.1, -0.05) is 12.1 Å². The van der Waals surface area contributed by atoms with Crippen molar-refractivity contribution in [1.82, 2.24) is 4.90 Å². The van der Waals surface area contributed by atoms with Gasteiger partial charge in [0.15, 0.2) is 0 Å². The Kier molecular flexibility index (Phi) is 4.53. The van der Waals surface area contributed by atoms with Crippen molar-refractivity contribution in [2.24, 2.45) is 5.73 Å². The molecule has 1 aliphatic heterocycles. The van der Waals surface area contributed by atoms with E-state index in [0.29, 0.717) is 12.2 Å². The molecule has 1 saturated heterocycles. The van der Waals surface area contributed by atoms with Crippen LogP contribution in [0.1, 0.15) is 18.9 Å². The smallest absolute Gasteiger partial charge is 0.256 e. The van der Waals surface area contributed by atoms with E-state index in [9.17, 15) is 9.59 Å². The number of carbonyl (C=O) groups excluding carboxylic acids is 2. The number of hydrogen-bond acceptors (Lipinski definition) is 4. The zero-order valence-electron chi connectivity index (χ0n) is 11.5. The van der Waals surface area contributed by atoms with Crippen LogP contribution in [0.3, 0.4) is 0 Å². The number of hydrogen-bond donors (Lipinski definition) is 1. The first-order valence-corrected chi connectivity index (χ1v) is 6.64. The fourth-order valence-electron chi connectivity index (χ4n) is 2.12. The van der Waals surface area contributed by atoms with Crippen LogP contribution in [0.5, 0.6) is 5.75 Å². The number of imide groups is 1. The van der Waals surface area contributed by atoms with E-state index >= 15 is 0 Å². The quantitative estimate of drug-likeness (QED) is 0.646. The van der Waals surface area contributed by atoms with Crippen molar-refractivity contribution in [3.8, 4) is 5.75 Å². The van der Waals surface area contributed by atoms with E-state index in [1.165, 1.54) is 4.90 Å². The number of carbonyl (C=O) groups is 2. The van der Waals surface area contributed by atoms with Gasteiger partial charge < -0.3 is 10.5 Å². The average molecular weight is 274 g/mol. The number of likely N-dealkylation sites (tertiary alicyclic amines) is 1. The van der Waals surface area contributed by atoms with E-state index < -0.39 is 0 Å². The fraction of sp³-hybridized carbons (Fsp3) is 0.333. The van der Waals surface area contributed by atoms with Crippen LogP contribution in [0, 0.1) is 0 Å². The zero-order chi connectivity index (χ0) is 14.5. The maximum atomic E-state index is 12.0. The van der Waals surface area contributed by atoms with E-state index in [0.717, 1.165) is 11.3 Å². The minimum Gasteiger partial charge on any atom is -0.494 e. The molecule has 106 valence electrons. The maximum Gasteiger partial charge on any atom is 0.256 e. The van der Waals surface area contributed by atoms with Gasteiger partial charge in [-0.2, -0.15) is 0 Å². The number of rotatable bonds is 5. The third-order valence-electron chi connectivity index (χ3n) is 3.05. The normalized spacial score (nSPS) is 17.1. The highest BCUT2D eigenvalue weighted by atomic mass is 16.5. The van der Waals surface area contributed by atoms with E-state index in [1.54, 1.807) is 6.08 Å². The van der Waals surface area contributed by atoms with Gasteiger partial charge in [-0.3, -0.25) is 14.5 Å². The van der Waals surface area contributed by atoms with Crippen molar-refractivity contribution in [1.29, 1.82) is 0 Å². The molecule has 2 rings (SSSR count). The van der Waals surface area contributed by atoms with Gasteiger partial charge in [-0.25, -0.2) is 0 Å². The molecule has 1 aliphatic rings. The van der Waals surface area contributed by atoms with Crippen LogP contribution < -0.4 is 10.5 Å². The molecule has 0 radical (unpaired) electrons. The van der Waals surface area contributed by atoms with Gasteiger partial charge in [0.25, 0.3) is 5.91 Å². The number of ether oxygens (including phenoxy) is 1. The summed E-state index contributed by atoms with van der Waals surface area (Å²) in [5.74, 6) is 0.361. The molecule has 5 nitrogen and oxygen atoms in total. The Balaban J connectivity index is 2.15. The highest BCUT2D eigenvalue weighted by Gasteiger charge is 2.32. The number of nitrogens with two attached hydrogens (primary N) is 1. The van der Waals surface area contributed by atoms with Crippen molar-refractivity contribution in [2.75, 3.05) is 19.7 Å². The Morgan fingerprint density at radius 1 is 1.30 bits per heavy atom. The second-order valence-corrected chi connectivity index (χ2v) is 4.49. The van der Waals surface area contributed by atoms with Crippen molar-refractivity contribution < 1.29 is 14.3 Å². The molecule has 0 aromatic heterocycles. The van der Waals surface area contributed by atoms with E-state index in [2.05, 4.69) is 0 Å².